The highest BCUT2D eigenvalue weighted by molar-refractivity contribution is 9.10. The summed E-state index contributed by atoms with van der Waals surface area (Å²) in [6.07, 6.45) is 3.48. The quantitative estimate of drug-likeness (QED) is 0.937. The Hall–Kier alpha value is -1.13. The molecular weight excluding hydrogens is 268 g/mol. The van der Waals surface area contributed by atoms with Crippen LogP contribution in [-0.2, 0) is 6.42 Å². The minimum absolute atomic E-state index is 0.673. The fourth-order valence-electron chi connectivity index (χ4n) is 1.57. The van der Waals surface area contributed by atoms with Gasteiger partial charge in [-0.1, -0.05) is 33.2 Å². The molecule has 0 unspecified atom stereocenters. The van der Waals surface area contributed by atoms with E-state index in [1.807, 2.05) is 24.3 Å². The van der Waals surface area contributed by atoms with E-state index in [9.17, 15) is 0 Å². The Kier molecular flexibility index (Phi) is 3.74. The van der Waals surface area contributed by atoms with Crippen LogP contribution in [0.4, 0.5) is 0 Å². The van der Waals surface area contributed by atoms with Gasteiger partial charge >= 0.3 is 0 Å². The lowest BCUT2D eigenvalue weighted by Crippen LogP contribution is -2.01. The number of nitrogens with two attached hydrogens (primary N) is 1. The maximum Gasteiger partial charge on any atom is 0.131 e. The molecule has 0 fully saturated rings. The lowest BCUT2D eigenvalue weighted by atomic mass is 10.0. The third kappa shape index (κ3) is 2.51. The largest absolute Gasteiger partial charge is 0.364 e. The molecule has 1 aromatic carbocycles. The first-order chi connectivity index (χ1) is 7.81. The highest BCUT2D eigenvalue weighted by Gasteiger charge is 2.09. The summed E-state index contributed by atoms with van der Waals surface area (Å²) in [7, 11) is 0. The first-order valence-corrected chi connectivity index (χ1v) is 6.00. The molecule has 0 amide bonds. The number of rotatable bonds is 4. The van der Waals surface area contributed by atoms with E-state index in [-0.39, 0.29) is 0 Å². The monoisotopic (exact) mass is 280 g/mol. The van der Waals surface area contributed by atoms with Crippen LogP contribution in [0, 0.1) is 0 Å². The molecule has 16 heavy (non-hydrogen) atoms. The Bertz CT molecular complexity index is 450. The third-order valence-corrected chi connectivity index (χ3v) is 2.95. The molecule has 0 aliphatic carbocycles. The van der Waals surface area contributed by atoms with Crippen LogP contribution in [0.25, 0.3) is 11.1 Å². The van der Waals surface area contributed by atoms with Crippen LogP contribution in [0.3, 0.4) is 0 Å². The van der Waals surface area contributed by atoms with E-state index >= 15 is 0 Å². The summed E-state index contributed by atoms with van der Waals surface area (Å²) in [4.78, 5) is 0. The standard InChI is InChI=1S/C12H13BrN2O/c13-10-5-3-9(4-6-10)11-8-16-15-12(11)2-1-7-14/h3-6,8H,1-2,7,14H2. The molecule has 0 saturated carbocycles. The Morgan fingerprint density at radius 3 is 2.69 bits per heavy atom. The van der Waals surface area contributed by atoms with E-state index in [1.54, 1.807) is 6.26 Å². The molecule has 1 heterocycles. The maximum atomic E-state index is 5.49. The SMILES string of the molecule is NCCCc1nocc1-c1ccc(Br)cc1. The molecule has 2 N–H and O–H groups in total. The molecule has 1 aromatic heterocycles. The van der Waals surface area contributed by atoms with Crippen molar-refractivity contribution >= 4 is 15.9 Å². The second-order valence-corrected chi connectivity index (χ2v) is 4.49. The van der Waals surface area contributed by atoms with Gasteiger partial charge in [0.2, 0.25) is 0 Å². The zero-order chi connectivity index (χ0) is 11.4. The number of hydrogen-bond donors (Lipinski definition) is 1. The lowest BCUT2D eigenvalue weighted by Gasteiger charge is -2.00. The van der Waals surface area contributed by atoms with Crippen molar-refractivity contribution < 1.29 is 4.52 Å². The highest BCUT2D eigenvalue weighted by Crippen LogP contribution is 2.25. The molecule has 4 heteroatoms. The normalized spacial score (nSPS) is 10.6. The van der Waals surface area contributed by atoms with E-state index in [4.69, 9.17) is 10.3 Å². The van der Waals surface area contributed by atoms with Gasteiger partial charge in [0.15, 0.2) is 0 Å². The van der Waals surface area contributed by atoms with Crippen molar-refractivity contribution in [2.24, 2.45) is 5.73 Å². The zero-order valence-corrected chi connectivity index (χ0v) is 10.4. The van der Waals surface area contributed by atoms with Gasteiger partial charge in [0.05, 0.1) is 5.69 Å². The predicted molar refractivity (Wildman–Crippen MR) is 67.0 cm³/mol. The molecule has 0 atom stereocenters. The number of halogens is 1. The first kappa shape index (κ1) is 11.4. The van der Waals surface area contributed by atoms with Crippen LogP contribution in [0.5, 0.6) is 0 Å². The van der Waals surface area contributed by atoms with Crippen molar-refractivity contribution in [2.45, 2.75) is 12.8 Å². The van der Waals surface area contributed by atoms with Gasteiger partial charge in [0, 0.05) is 10.0 Å². The average molecular weight is 281 g/mol. The molecule has 0 bridgehead atoms. The topological polar surface area (TPSA) is 52.0 Å². The molecule has 0 saturated heterocycles. The predicted octanol–water partition coefficient (Wildman–Crippen LogP) is 3.00. The van der Waals surface area contributed by atoms with E-state index in [0.717, 1.165) is 34.1 Å². The Labute approximate surface area is 103 Å². The van der Waals surface area contributed by atoms with Crippen LogP contribution in [0.15, 0.2) is 39.5 Å². The summed E-state index contributed by atoms with van der Waals surface area (Å²) < 4.78 is 6.09. The van der Waals surface area contributed by atoms with Gasteiger partial charge in [-0.2, -0.15) is 0 Å². The van der Waals surface area contributed by atoms with Crippen LogP contribution >= 0.6 is 15.9 Å². The van der Waals surface area contributed by atoms with E-state index < -0.39 is 0 Å². The zero-order valence-electron chi connectivity index (χ0n) is 8.82. The average Bonchev–Trinajstić information content (AvgIpc) is 2.75. The minimum atomic E-state index is 0.673. The Morgan fingerprint density at radius 1 is 1.25 bits per heavy atom. The minimum Gasteiger partial charge on any atom is -0.364 e. The Morgan fingerprint density at radius 2 is 2.00 bits per heavy atom. The van der Waals surface area contributed by atoms with Crippen molar-refractivity contribution in [3.05, 3.63) is 40.7 Å². The molecule has 2 aromatic rings. The summed E-state index contributed by atoms with van der Waals surface area (Å²) in [6, 6.07) is 8.11. The summed E-state index contributed by atoms with van der Waals surface area (Å²) in [6.45, 7) is 0.673. The van der Waals surface area contributed by atoms with E-state index in [2.05, 4.69) is 21.1 Å². The molecule has 2 rings (SSSR count). The van der Waals surface area contributed by atoms with Gasteiger partial charge in [-0.05, 0) is 37.1 Å². The number of aromatic nitrogens is 1. The molecule has 3 nitrogen and oxygen atoms in total. The van der Waals surface area contributed by atoms with Gasteiger partial charge in [0.1, 0.15) is 6.26 Å². The van der Waals surface area contributed by atoms with Crippen LogP contribution in [-0.4, -0.2) is 11.7 Å². The van der Waals surface area contributed by atoms with Gasteiger partial charge in [0.25, 0.3) is 0 Å². The van der Waals surface area contributed by atoms with Crippen LogP contribution in [0.1, 0.15) is 12.1 Å². The molecule has 0 spiro atoms. The third-order valence-electron chi connectivity index (χ3n) is 2.42. The molecule has 0 aliphatic heterocycles. The maximum absolute atomic E-state index is 5.49. The highest BCUT2D eigenvalue weighted by atomic mass is 79.9. The number of benzene rings is 1. The Balaban J connectivity index is 2.26. The van der Waals surface area contributed by atoms with Crippen molar-refractivity contribution in [2.75, 3.05) is 6.54 Å². The number of nitrogens with zero attached hydrogens (tertiary/aromatic N) is 1. The fourth-order valence-corrected chi connectivity index (χ4v) is 1.84. The second kappa shape index (κ2) is 5.27. The summed E-state index contributed by atoms with van der Waals surface area (Å²) in [5.74, 6) is 0. The van der Waals surface area contributed by atoms with Gasteiger partial charge in [-0.15, -0.1) is 0 Å². The summed E-state index contributed by atoms with van der Waals surface area (Å²) in [5.41, 5.74) is 8.65. The van der Waals surface area contributed by atoms with E-state index in [0.29, 0.717) is 6.54 Å². The molecule has 84 valence electrons. The van der Waals surface area contributed by atoms with Gasteiger partial charge < -0.3 is 10.3 Å². The first-order valence-electron chi connectivity index (χ1n) is 5.20. The lowest BCUT2D eigenvalue weighted by molar-refractivity contribution is 0.411. The van der Waals surface area contributed by atoms with Crippen molar-refractivity contribution in [3.8, 4) is 11.1 Å². The van der Waals surface area contributed by atoms with Gasteiger partial charge in [-0.25, -0.2) is 0 Å². The van der Waals surface area contributed by atoms with Crippen LogP contribution in [0.2, 0.25) is 0 Å². The van der Waals surface area contributed by atoms with Crippen molar-refractivity contribution in [3.63, 3.8) is 0 Å². The smallest absolute Gasteiger partial charge is 0.131 e. The molecule has 0 radical (unpaired) electrons. The van der Waals surface area contributed by atoms with Gasteiger partial charge in [-0.3, -0.25) is 0 Å². The van der Waals surface area contributed by atoms with Crippen molar-refractivity contribution in [1.82, 2.24) is 5.16 Å². The summed E-state index contributed by atoms with van der Waals surface area (Å²) in [5, 5.41) is 4.01. The number of aryl methyl sites for hydroxylation is 1. The van der Waals surface area contributed by atoms with Crippen LogP contribution < -0.4 is 5.73 Å². The van der Waals surface area contributed by atoms with Crippen molar-refractivity contribution in [1.29, 1.82) is 0 Å². The fraction of sp³-hybridized carbons (Fsp3) is 0.250. The number of hydrogen-bond acceptors (Lipinski definition) is 3. The summed E-state index contributed by atoms with van der Waals surface area (Å²) >= 11 is 3.41. The molecule has 0 aliphatic rings. The molecular formula is C12H13BrN2O. The second-order valence-electron chi connectivity index (χ2n) is 3.57. The van der Waals surface area contributed by atoms with E-state index in [1.165, 1.54) is 0 Å².